The van der Waals surface area contributed by atoms with Gasteiger partial charge in [-0.1, -0.05) is 12.1 Å². The molecule has 1 aromatic carbocycles. The van der Waals surface area contributed by atoms with Gasteiger partial charge in [0.15, 0.2) is 0 Å². The summed E-state index contributed by atoms with van der Waals surface area (Å²) in [6.07, 6.45) is 0.539. The number of anilines is 1. The van der Waals surface area contributed by atoms with Crippen molar-refractivity contribution < 1.29 is 4.39 Å². The second kappa shape index (κ2) is 3.34. The van der Waals surface area contributed by atoms with Crippen molar-refractivity contribution in [3.63, 3.8) is 0 Å². The van der Waals surface area contributed by atoms with Gasteiger partial charge in [-0.05, 0) is 24.6 Å². The van der Waals surface area contributed by atoms with E-state index in [2.05, 4.69) is 0 Å². The first kappa shape index (κ1) is 8.01. The van der Waals surface area contributed by atoms with Gasteiger partial charge in [-0.2, -0.15) is 0 Å². The van der Waals surface area contributed by atoms with Gasteiger partial charge in [-0.15, -0.1) is 0 Å². The SMILES string of the molecule is NCCc1cccc(N)c1F. The van der Waals surface area contributed by atoms with Crippen molar-refractivity contribution in [2.75, 3.05) is 12.3 Å². The predicted molar refractivity (Wildman–Crippen MR) is 43.6 cm³/mol. The molecule has 0 bridgehead atoms. The van der Waals surface area contributed by atoms with Crippen LogP contribution in [-0.2, 0) is 6.42 Å². The highest BCUT2D eigenvalue weighted by Gasteiger charge is 2.02. The van der Waals surface area contributed by atoms with Crippen molar-refractivity contribution in [3.8, 4) is 0 Å². The zero-order chi connectivity index (χ0) is 8.27. The highest BCUT2D eigenvalue weighted by Crippen LogP contribution is 2.14. The quantitative estimate of drug-likeness (QED) is 0.622. The molecule has 0 radical (unpaired) electrons. The fourth-order valence-corrected chi connectivity index (χ4v) is 0.948. The maximum Gasteiger partial charge on any atom is 0.149 e. The Morgan fingerprint density at radius 1 is 1.36 bits per heavy atom. The highest BCUT2D eigenvalue weighted by atomic mass is 19.1. The lowest BCUT2D eigenvalue weighted by Gasteiger charge is -2.02. The highest BCUT2D eigenvalue weighted by molar-refractivity contribution is 5.42. The number of halogens is 1. The first-order valence-corrected chi connectivity index (χ1v) is 3.48. The van der Waals surface area contributed by atoms with Gasteiger partial charge in [0.25, 0.3) is 0 Å². The van der Waals surface area contributed by atoms with Crippen LogP contribution in [0.4, 0.5) is 10.1 Å². The Labute approximate surface area is 65.0 Å². The van der Waals surface area contributed by atoms with Crippen LogP contribution in [0.1, 0.15) is 5.56 Å². The van der Waals surface area contributed by atoms with Crippen LogP contribution in [0.3, 0.4) is 0 Å². The molecule has 0 aromatic heterocycles. The Morgan fingerprint density at radius 3 is 2.73 bits per heavy atom. The van der Waals surface area contributed by atoms with E-state index in [1.807, 2.05) is 0 Å². The minimum Gasteiger partial charge on any atom is -0.396 e. The summed E-state index contributed by atoms with van der Waals surface area (Å²) >= 11 is 0. The van der Waals surface area contributed by atoms with E-state index in [0.29, 0.717) is 18.5 Å². The van der Waals surface area contributed by atoms with Gasteiger partial charge in [-0.25, -0.2) is 4.39 Å². The molecule has 0 heterocycles. The largest absolute Gasteiger partial charge is 0.396 e. The molecule has 0 saturated heterocycles. The number of benzene rings is 1. The zero-order valence-corrected chi connectivity index (χ0v) is 6.18. The molecule has 4 N–H and O–H groups in total. The van der Waals surface area contributed by atoms with E-state index in [1.165, 1.54) is 6.07 Å². The lowest BCUT2D eigenvalue weighted by atomic mass is 10.1. The maximum absolute atomic E-state index is 13.0. The lowest BCUT2D eigenvalue weighted by Crippen LogP contribution is -2.05. The lowest BCUT2D eigenvalue weighted by molar-refractivity contribution is 0.614. The van der Waals surface area contributed by atoms with Crippen molar-refractivity contribution in [2.45, 2.75) is 6.42 Å². The number of hydrogen-bond acceptors (Lipinski definition) is 2. The Morgan fingerprint density at radius 2 is 2.09 bits per heavy atom. The Bertz CT molecular complexity index is 248. The average Bonchev–Trinajstić information content (AvgIpc) is 1.99. The van der Waals surface area contributed by atoms with Crippen molar-refractivity contribution in [1.29, 1.82) is 0 Å². The molecule has 11 heavy (non-hydrogen) atoms. The number of hydrogen-bond donors (Lipinski definition) is 2. The fourth-order valence-electron chi connectivity index (χ4n) is 0.948. The minimum atomic E-state index is -0.335. The van der Waals surface area contributed by atoms with Crippen LogP contribution in [0.15, 0.2) is 18.2 Å². The topological polar surface area (TPSA) is 52.0 Å². The second-order valence-corrected chi connectivity index (χ2v) is 2.36. The molecule has 3 heteroatoms. The number of rotatable bonds is 2. The molecule has 1 aromatic rings. The maximum atomic E-state index is 13.0. The second-order valence-electron chi connectivity index (χ2n) is 2.36. The zero-order valence-electron chi connectivity index (χ0n) is 6.18. The molecule has 0 saturated carbocycles. The van der Waals surface area contributed by atoms with E-state index < -0.39 is 0 Å². The molecule has 0 aliphatic rings. The molecule has 2 nitrogen and oxygen atoms in total. The van der Waals surface area contributed by atoms with Crippen molar-refractivity contribution in [2.24, 2.45) is 5.73 Å². The standard InChI is InChI=1S/C8H11FN2/c9-8-6(4-5-10)2-1-3-7(8)11/h1-3H,4-5,10-11H2. The molecule has 1 rings (SSSR count). The molecular formula is C8H11FN2. The van der Waals surface area contributed by atoms with E-state index >= 15 is 0 Å². The molecule has 0 atom stereocenters. The van der Waals surface area contributed by atoms with Gasteiger partial charge in [0.1, 0.15) is 5.82 Å². The smallest absolute Gasteiger partial charge is 0.149 e. The van der Waals surface area contributed by atoms with Gasteiger partial charge in [0.2, 0.25) is 0 Å². The summed E-state index contributed by atoms with van der Waals surface area (Å²) in [7, 11) is 0. The Kier molecular flexibility index (Phi) is 2.44. The number of nitrogens with two attached hydrogens (primary N) is 2. The summed E-state index contributed by atoms with van der Waals surface area (Å²) in [5.41, 5.74) is 11.4. The normalized spacial score (nSPS) is 10.0. The van der Waals surface area contributed by atoms with Crippen LogP contribution >= 0.6 is 0 Å². The third kappa shape index (κ3) is 1.68. The molecule has 0 spiro atoms. The van der Waals surface area contributed by atoms with Crippen LogP contribution < -0.4 is 11.5 Å². The van der Waals surface area contributed by atoms with E-state index in [-0.39, 0.29) is 11.5 Å². The predicted octanol–water partition coefficient (Wildman–Crippen LogP) is 0.909. The van der Waals surface area contributed by atoms with Crippen LogP contribution in [0, 0.1) is 5.82 Å². The fraction of sp³-hybridized carbons (Fsp3) is 0.250. The first-order chi connectivity index (χ1) is 5.25. The molecule has 0 aliphatic carbocycles. The van der Waals surface area contributed by atoms with E-state index in [9.17, 15) is 4.39 Å². The van der Waals surface area contributed by atoms with E-state index in [0.717, 1.165) is 0 Å². The monoisotopic (exact) mass is 154 g/mol. The van der Waals surface area contributed by atoms with E-state index in [1.54, 1.807) is 12.1 Å². The third-order valence-electron chi connectivity index (χ3n) is 1.52. The summed E-state index contributed by atoms with van der Waals surface area (Å²) in [6, 6.07) is 4.96. The van der Waals surface area contributed by atoms with Crippen molar-refractivity contribution >= 4 is 5.69 Å². The molecule has 0 aliphatic heterocycles. The summed E-state index contributed by atoms with van der Waals surface area (Å²) < 4.78 is 13.0. The molecule has 0 fully saturated rings. The summed E-state index contributed by atoms with van der Waals surface area (Å²) in [4.78, 5) is 0. The van der Waals surface area contributed by atoms with Gasteiger partial charge in [-0.3, -0.25) is 0 Å². The Balaban J connectivity index is 2.96. The average molecular weight is 154 g/mol. The van der Waals surface area contributed by atoms with Crippen LogP contribution in [0.5, 0.6) is 0 Å². The van der Waals surface area contributed by atoms with Crippen LogP contribution in [0.25, 0.3) is 0 Å². The van der Waals surface area contributed by atoms with Gasteiger partial charge >= 0.3 is 0 Å². The summed E-state index contributed by atoms with van der Waals surface area (Å²) in [6.45, 7) is 0.445. The Hall–Kier alpha value is -1.09. The van der Waals surface area contributed by atoms with Crippen LogP contribution in [0.2, 0.25) is 0 Å². The summed E-state index contributed by atoms with van der Waals surface area (Å²) in [5.74, 6) is -0.335. The van der Waals surface area contributed by atoms with Gasteiger partial charge < -0.3 is 11.5 Å². The molecular weight excluding hydrogens is 143 g/mol. The van der Waals surface area contributed by atoms with Gasteiger partial charge in [0, 0.05) is 0 Å². The summed E-state index contributed by atoms with van der Waals surface area (Å²) in [5, 5.41) is 0. The van der Waals surface area contributed by atoms with Crippen molar-refractivity contribution in [3.05, 3.63) is 29.6 Å². The molecule has 0 unspecified atom stereocenters. The molecule has 60 valence electrons. The van der Waals surface area contributed by atoms with Crippen LogP contribution in [-0.4, -0.2) is 6.54 Å². The van der Waals surface area contributed by atoms with Gasteiger partial charge in [0.05, 0.1) is 5.69 Å². The minimum absolute atomic E-state index is 0.191. The third-order valence-corrected chi connectivity index (χ3v) is 1.52. The number of nitrogen functional groups attached to an aromatic ring is 1. The van der Waals surface area contributed by atoms with E-state index in [4.69, 9.17) is 11.5 Å². The first-order valence-electron chi connectivity index (χ1n) is 3.48. The van der Waals surface area contributed by atoms with Crippen molar-refractivity contribution in [1.82, 2.24) is 0 Å². The molecule has 0 amide bonds.